The van der Waals surface area contributed by atoms with Gasteiger partial charge in [-0.3, -0.25) is 14.9 Å². The molecule has 2 aromatic carbocycles. The van der Waals surface area contributed by atoms with Gasteiger partial charge in [0.2, 0.25) is 0 Å². The van der Waals surface area contributed by atoms with E-state index in [1.807, 2.05) is 50.1 Å². The highest BCUT2D eigenvalue weighted by Crippen LogP contribution is 2.30. The second kappa shape index (κ2) is 8.39. The molecule has 1 N–H and O–H groups in total. The molecule has 0 radical (unpaired) electrons. The number of carbonyl (C=O) groups is 1. The highest BCUT2D eigenvalue weighted by molar-refractivity contribution is 5.96. The summed E-state index contributed by atoms with van der Waals surface area (Å²) >= 11 is 0. The summed E-state index contributed by atoms with van der Waals surface area (Å²) in [5, 5.41) is 14.6. The molecule has 1 unspecified atom stereocenters. The van der Waals surface area contributed by atoms with Gasteiger partial charge >= 0.3 is 0 Å². The molecule has 2 aromatic rings. The molecule has 0 aliphatic carbocycles. The van der Waals surface area contributed by atoms with Crippen LogP contribution in [0.5, 0.6) is 0 Å². The first kappa shape index (κ1) is 19.8. The van der Waals surface area contributed by atoms with Crippen molar-refractivity contribution in [2.24, 2.45) is 0 Å². The van der Waals surface area contributed by atoms with E-state index in [2.05, 4.69) is 10.2 Å². The first-order valence-corrected chi connectivity index (χ1v) is 9.45. The average Bonchev–Trinajstić information content (AvgIpc) is 2.68. The number of carbonyl (C=O) groups excluding carboxylic acids is 1. The van der Waals surface area contributed by atoms with Crippen molar-refractivity contribution < 1.29 is 9.72 Å². The first-order valence-electron chi connectivity index (χ1n) is 9.45. The van der Waals surface area contributed by atoms with Crippen molar-refractivity contribution in [1.29, 1.82) is 0 Å². The van der Waals surface area contributed by atoms with Crippen LogP contribution in [0.3, 0.4) is 0 Å². The number of hydrogen-bond donors (Lipinski definition) is 1. The molecule has 7 nitrogen and oxygen atoms in total. The van der Waals surface area contributed by atoms with Gasteiger partial charge in [-0.2, -0.15) is 0 Å². The molecule has 148 valence electrons. The number of piperazine rings is 1. The Kier molecular flexibility index (Phi) is 5.94. The number of amides is 1. The topological polar surface area (TPSA) is 78.7 Å². The molecule has 0 aromatic heterocycles. The summed E-state index contributed by atoms with van der Waals surface area (Å²) in [7, 11) is 2.04. The Morgan fingerprint density at radius 3 is 2.46 bits per heavy atom. The number of aryl methyl sites for hydroxylation is 1. The predicted molar refractivity (Wildman–Crippen MR) is 110 cm³/mol. The minimum atomic E-state index is -0.408. The maximum atomic E-state index is 12.7. The van der Waals surface area contributed by atoms with Crippen LogP contribution < -0.4 is 10.2 Å². The minimum absolute atomic E-state index is 0.0271. The molecule has 0 bridgehead atoms. The third-order valence-corrected chi connectivity index (χ3v) is 5.28. The van der Waals surface area contributed by atoms with E-state index in [1.165, 1.54) is 6.07 Å². The van der Waals surface area contributed by atoms with E-state index in [1.54, 1.807) is 12.1 Å². The van der Waals surface area contributed by atoms with Crippen LogP contribution in [0, 0.1) is 17.0 Å². The van der Waals surface area contributed by atoms with E-state index in [9.17, 15) is 14.9 Å². The number of nitro benzene ring substituents is 1. The number of nitrogens with zero attached hydrogens (tertiary/aromatic N) is 3. The van der Waals surface area contributed by atoms with Gasteiger partial charge in [0.25, 0.3) is 11.6 Å². The van der Waals surface area contributed by atoms with Crippen molar-refractivity contribution >= 4 is 17.3 Å². The Balaban J connectivity index is 1.80. The van der Waals surface area contributed by atoms with E-state index >= 15 is 0 Å². The molecule has 28 heavy (non-hydrogen) atoms. The van der Waals surface area contributed by atoms with Crippen LogP contribution in [0.25, 0.3) is 0 Å². The molecule has 1 atom stereocenters. The normalized spacial score (nSPS) is 15.9. The van der Waals surface area contributed by atoms with Crippen LogP contribution in [-0.4, -0.2) is 49.0 Å². The average molecular weight is 382 g/mol. The summed E-state index contributed by atoms with van der Waals surface area (Å²) in [6, 6.07) is 12.4. The lowest BCUT2D eigenvalue weighted by Gasteiger charge is -2.33. The molecular weight excluding hydrogens is 356 g/mol. The van der Waals surface area contributed by atoms with Crippen LogP contribution in [0.15, 0.2) is 42.5 Å². The molecule has 1 fully saturated rings. The molecule has 7 heteroatoms. The van der Waals surface area contributed by atoms with Crippen molar-refractivity contribution in [2.75, 3.05) is 38.1 Å². The van der Waals surface area contributed by atoms with E-state index in [0.717, 1.165) is 37.3 Å². The number of likely N-dealkylation sites (N-methyl/N-ethyl adjacent to an activating group) is 1. The zero-order valence-electron chi connectivity index (χ0n) is 16.5. The number of nitrogens with one attached hydrogen (secondary N) is 1. The highest BCUT2D eigenvalue weighted by Gasteiger charge is 2.24. The lowest BCUT2D eigenvalue weighted by atomic mass is 10.0. The van der Waals surface area contributed by atoms with Gasteiger partial charge in [-0.1, -0.05) is 24.3 Å². The number of anilines is 1. The number of rotatable bonds is 5. The molecule has 1 aliphatic heterocycles. The molecule has 1 aliphatic rings. The van der Waals surface area contributed by atoms with Crippen LogP contribution in [0.1, 0.15) is 34.5 Å². The van der Waals surface area contributed by atoms with Crippen LogP contribution in [0.4, 0.5) is 11.4 Å². The van der Waals surface area contributed by atoms with Crippen LogP contribution in [0.2, 0.25) is 0 Å². The predicted octanol–water partition coefficient (Wildman–Crippen LogP) is 3.15. The fourth-order valence-corrected chi connectivity index (χ4v) is 3.56. The molecule has 1 heterocycles. The van der Waals surface area contributed by atoms with Crippen molar-refractivity contribution in [1.82, 2.24) is 10.2 Å². The van der Waals surface area contributed by atoms with Crippen LogP contribution in [-0.2, 0) is 0 Å². The smallest absolute Gasteiger partial charge is 0.293 e. The number of benzene rings is 2. The lowest BCUT2D eigenvalue weighted by molar-refractivity contribution is -0.384. The van der Waals surface area contributed by atoms with Crippen molar-refractivity contribution in [3.8, 4) is 0 Å². The van der Waals surface area contributed by atoms with Gasteiger partial charge in [-0.05, 0) is 44.2 Å². The summed E-state index contributed by atoms with van der Waals surface area (Å²) in [5.41, 5.74) is 2.96. The van der Waals surface area contributed by atoms with Gasteiger partial charge in [-0.25, -0.2) is 0 Å². The van der Waals surface area contributed by atoms with E-state index < -0.39 is 4.92 Å². The molecule has 0 saturated carbocycles. The Morgan fingerprint density at radius 1 is 1.14 bits per heavy atom. The second-order valence-corrected chi connectivity index (χ2v) is 7.30. The quantitative estimate of drug-likeness (QED) is 0.635. The molecular formula is C21H26N4O3. The summed E-state index contributed by atoms with van der Waals surface area (Å²) in [5.74, 6) is -0.316. The maximum Gasteiger partial charge on any atom is 0.293 e. The van der Waals surface area contributed by atoms with Gasteiger partial charge in [0.15, 0.2) is 0 Å². The van der Waals surface area contributed by atoms with Gasteiger partial charge in [-0.15, -0.1) is 0 Å². The second-order valence-electron chi connectivity index (χ2n) is 7.30. The maximum absolute atomic E-state index is 12.7. The third-order valence-electron chi connectivity index (χ3n) is 5.28. The summed E-state index contributed by atoms with van der Waals surface area (Å²) in [6.45, 7) is 7.07. The standard InChI is InChI=1S/C21H26N4O3/c1-15-6-4-5-7-18(15)16(2)22-21(26)17-8-9-19(20(14-17)25(27)28)24-12-10-23(3)11-13-24/h4-9,14,16H,10-13H2,1-3H3,(H,22,26). The lowest BCUT2D eigenvalue weighted by Crippen LogP contribution is -2.44. The largest absolute Gasteiger partial charge is 0.363 e. The Labute approximate surface area is 165 Å². The van der Waals surface area contributed by atoms with Gasteiger partial charge in [0.1, 0.15) is 5.69 Å². The van der Waals surface area contributed by atoms with Crippen LogP contribution >= 0.6 is 0 Å². The first-order chi connectivity index (χ1) is 13.4. The van der Waals surface area contributed by atoms with Crippen molar-refractivity contribution in [3.05, 3.63) is 69.3 Å². The van der Waals surface area contributed by atoms with Gasteiger partial charge in [0, 0.05) is 37.8 Å². The monoisotopic (exact) mass is 382 g/mol. The van der Waals surface area contributed by atoms with Gasteiger partial charge in [0.05, 0.1) is 11.0 Å². The third kappa shape index (κ3) is 4.31. The Bertz CT molecular complexity index is 876. The highest BCUT2D eigenvalue weighted by atomic mass is 16.6. The van der Waals surface area contributed by atoms with Gasteiger partial charge < -0.3 is 15.1 Å². The number of hydrogen-bond acceptors (Lipinski definition) is 5. The molecule has 3 rings (SSSR count). The fraction of sp³-hybridized carbons (Fsp3) is 0.381. The Morgan fingerprint density at radius 2 is 1.82 bits per heavy atom. The summed E-state index contributed by atoms with van der Waals surface area (Å²) in [4.78, 5) is 28.1. The zero-order chi connectivity index (χ0) is 20.3. The SMILES string of the molecule is Cc1ccccc1C(C)NC(=O)c1ccc(N2CCN(C)CC2)c([N+](=O)[O-])c1. The number of nitro groups is 1. The molecule has 1 amide bonds. The van der Waals surface area contributed by atoms with Crippen molar-refractivity contribution in [2.45, 2.75) is 19.9 Å². The zero-order valence-corrected chi connectivity index (χ0v) is 16.5. The van der Waals surface area contributed by atoms with E-state index in [4.69, 9.17) is 0 Å². The van der Waals surface area contributed by atoms with E-state index in [0.29, 0.717) is 11.3 Å². The molecule has 0 spiro atoms. The summed E-state index contributed by atoms with van der Waals surface area (Å²) < 4.78 is 0. The minimum Gasteiger partial charge on any atom is -0.363 e. The molecule has 1 saturated heterocycles. The van der Waals surface area contributed by atoms with E-state index in [-0.39, 0.29) is 17.6 Å². The van der Waals surface area contributed by atoms with Crippen molar-refractivity contribution in [3.63, 3.8) is 0 Å². The summed E-state index contributed by atoms with van der Waals surface area (Å²) in [6.07, 6.45) is 0. The fourth-order valence-electron chi connectivity index (χ4n) is 3.56. The Hall–Kier alpha value is -2.93.